The zero-order valence-corrected chi connectivity index (χ0v) is 14.6. The number of nitrogens with zero attached hydrogens (tertiary/aromatic N) is 4. The Bertz CT molecular complexity index is 638. The lowest BCUT2D eigenvalue weighted by Gasteiger charge is -2.24. The average molecular weight is 335 g/mol. The Morgan fingerprint density at radius 1 is 1.22 bits per heavy atom. The van der Waals surface area contributed by atoms with Crippen LogP contribution in [0.2, 0.25) is 5.02 Å². The molecule has 0 fully saturated rings. The van der Waals surface area contributed by atoms with Crippen molar-refractivity contribution in [2.24, 2.45) is 7.05 Å². The van der Waals surface area contributed by atoms with Gasteiger partial charge in [-0.25, -0.2) is 0 Å². The maximum Gasteiger partial charge on any atom is 0.236 e. The molecule has 0 aliphatic heterocycles. The minimum absolute atomic E-state index is 0.102. The van der Waals surface area contributed by atoms with E-state index in [-0.39, 0.29) is 5.91 Å². The molecule has 2 aromatic rings. The number of likely N-dealkylation sites (N-methyl/N-ethyl adjacent to an activating group) is 2. The molecule has 0 unspecified atom stereocenters. The zero-order chi connectivity index (χ0) is 16.8. The highest BCUT2D eigenvalue weighted by molar-refractivity contribution is 6.30. The fraction of sp³-hybridized carbons (Fsp3) is 0.412. The molecule has 0 bridgehead atoms. The molecule has 5 nitrogen and oxygen atoms in total. The minimum atomic E-state index is 0.102. The Balaban J connectivity index is 1.89. The lowest BCUT2D eigenvalue weighted by molar-refractivity contribution is -0.131. The average Bonchev–Trinajstić information content (AvgIpc) is 2.93. The smallest absolute Gasteiger partial charge is 0.236 e. The van der Waals surface area contributed by atoms with Crippen LogP contribution in [0.25, 0.3) is 0 Å². The number of hydrogen-bond acceptors (Lipinski definition) is 3. The fourth-order valence-electron chi connectivity index (χ4n) is 2.36. The Hall–Kier alpha value is -1.85. The number of carbonyl (C=O) groups excluding carboxylic acids is 1. The Morgan fingerprint density at radius 2 is 1.91 bits per heavy atom. The molecular formula is C17H23ClN4O. The summed E-state index contributed by atoms with van der Waals surface area (Å²) in [5.74, 6) is 0.102. The van der Waals surface area contributed by atoms with E-state index in [1.165, 1.54) is 0 Å². The summed E-state index contributed by atoms with van der Waals surface area (Å²) in [6.07, 6.45) is 3.71. The first-order chi connectivity index (χ1) is 11.0. The minimum Gasteiger partial charge on any atom is -0.340 e. The van der Waals surface area contributed by atoms with Gasteiger partial charge in [-0.15, -0.1) is 0 Å². The topological polar surface area (TPSA) is 41.4 Å². The highest BCUT2D eigenvalue weighted by atomic mass is 35.5. The van der Waals surface area contributed by atoms with Crippen LogP contribution in [-0.2, 0) is 24.9 Å². The summed E-state index contributed by atoms with van der Waals surface area (Å²) >= 11 is 5.91. The Morgan fingerprint density at radius 3 is 2.48 bits per heavy atom. The molecule has 0 atom stereocenters. The van der Waals surface area contributed by atoms with Gasteiger partial charge >= 0.3 is 0 Å². The zero-order valence-electron chi connectivity index (χ0n) is 13.9. The molecular weight excluding hydrogens is 312 g/mol. The summed E-state index contributed by atoms with van der Waals surface area (Å²) in [5.41, 5.74) is 2.18. The normalized spacial score (nSPS) is 11.0. The van der Waals surface area contributed by atoms with E-state index < -0.39 is 0 Å². The van der Waals surface area contributed by atoms with Gasteiger partial charge in [0, 0.05) is 44.0 Å². The number of aromatic nitrogens is 2. The van der Waals surface area contributed by atoms with Gasteiger partial charge in [-0.3, -0.25) is 14.4 Å². The van der Waals surface area contributed by atoms with E-state index in [0.29, 0.717) is 13.1 Å². The van der Waals surface area contributed by atoms with Crippen LogP contribution >= 0.6 is 11.6 Å². The lowest BCUT2D eigenvalue weighted by Crippen LogP contribution is -2.37. The second-order valence-corrected chi connectivity index (χ2v) is 6.14. The third-order valence-corrected chi connectivity index (χ3v) is 3.98. The molecule has 0 aliphatic carbocycles. The second-order valence-electron chi connectivity index (χ2n) is 5.70. The predicted octanol–water partition coefficient (Wildman–Crippen LogP) is 2.55. The van der Waals surface area contributed by atoms with Crippen LogP contribution in [-0.4, -0.2) is 45.6 Å². The van der Waals surface area contributed by atoms with Gasteiger partial charge in [-0.05, 0) is 24.2 Å². The fourth-order valence-corrected chi connectivity index (χ4v) is 2.48. The number of halogens is 1. The van der Waals surface area contributed by atoms with Crippen molar-refractivity contribution in [3.05, 3.63) is 52.8 Å². The van der Waals surface area contributed by atoms with Gasteiger partial charge in [0.15, 0.2) is 0 Å². The quantitative estimate of drug-likeness (QED) is 0.781. The van der Waals surface area contributed by atoms with Crippen molar-refractivity contribution in [3.8, 4) is 0 Å². The number of carbonyl (C=O) groups is 1. The van der Waals surface area contributed by atoms with Crippen molar-refractivity contribution in [2.45, 2.75) is 20.0 Å². The number of amides is 1. The third kappa shape index (κ3) is 5.37. The number of benzene rings is 1. The van der Waals surface area contributed by atoms with Crippen molar-refractivity contribution < 1.29 is 4.79 Å². The van der Waals surface area contributed by atoms with Crippen LogP contribution in [0.5, 0.6) is 0 Å². The van der Waals surface area contributed by atoms with Crippen LogP contribution < -0.4 is 0 Å². The Labute approximate surface area is 142 Å². The molecule has 0 aliphatic rings. The third-order valence-electron chi connectivity index (χ3n) is 3.73. The molecule has 2 rings (SSSR count). The van der Waals surface area contributed by atoms with E-state index in [0.717, 1.165) is 29.2 Å². The van der Waals surface area contributed by atoms with Crippen molar-refractivity contribution in [2.75, 3.05) is 20.1 Å². The Kier molecular flexibility index (Phi) is 6.19. The van der Waals surface area contributed by atoms with Crippen LogP contribution in [0.1, 0.15) is 18.1 Å². The van der Waals surface area contributed by atoms with Gasteiger partial charge < -0.3 is 4.90 Å². The summed E-state index contributed by atoms with van der Waals surface area (Å²) < 4.78 is 1.74. The van der Waals surface area contributed by atoms with E-state index in [1.54, 1.807) is 15.8 Å². The number of hydrogen-bond donors (Lipinski definition) is 0. The van der Waals surface area contributed by atoms with E-state index in [4.69, 9.17) is 11.6 Å². The molecule has 0 radical (unpaired) electrons. The van der Waals surface area contributed by atoms with Gasteiger partial charge in [0.05, 0.1) is 12.7 Å². The van der Waals surface area contributed by atoms with Gasteiger partial charge in [-0.1, -0.05) is 30.7 Å². The van der Waals surface area contributed by atoms with Crippen molar-refractivity contribution >= 4 is 17.5 Å². The van der Waals surface area contributed by atoms with Gasteiger partial charge in [0.25, 0.3) is 0 Å². The molecule has 6 heteroatoms. The van der Waals surface area contributed by atoms with Crippen molar-refractivity contribution in [1.82, 2.24) is 19.6 Å². The first kappa shape index (κ1) is 17.5. The van der Waals surface area contributed by atoms with Gasteiger partial charge in [0.2, 0.25) is 5.91 Å². The van der Waals surface area contributed by atoms with Crippen LogP contribution in [0, 0.1) is 0 Å². The molecule has 0 spiro atoms. The summed E-state index contributed by atoms with van der Waals surface area (Å²) in [4.78, 5) is 16.3. The standard InChI is InChI=1S/C17H23ClN4O/c1-4-22(12-14-5-7-16(18)8-6-14)13-17(23)20(2)10-15-9-19-21(3)11-15/h5-9,11H,4,10,12-13H2,1-3H3. The molecule has 23 heavy (non-hydrogen) atoms. The maximum atomic E-state index is 12.4. The van der Waals surface area contributed by atoms with Crippen molar-refractivity contribution in [3.63, 3.8) is 0 Å². The molecule has 1 aromatic heterocycles. The highest BCUT2D eigenvalue weighted by Crippen LogP contribution is 2.12. The number of rotatable bonds is 7. The van der Waals surface area contributed by atoms with Gasteiger partial charge in [-0.2, -0.15) is 5.10 Å². The van der Waals surface area contributed by atoms with E-state index in [2.05, 4.69) is 16.9 Å². The molecule has 0 saturated heterocycles. The molecule has 0 N–H and O–H groups in total. The summed E-state index contributed by atoms with van der Waals surface area (Å²) in [6, 6.07) is 7.74. The van der Waals surface area contributed by atoms with Crippen LogP contribution in [0.4, 0.5) is 0 Å². The van der Waals surface area contributed by atoms with Crippen LogP contribution in [0.3, 0.4) is 0 Å². The maximum absolute atomic E-state index is 12.4. The van der Waals surface area contributed by atoms with Crippen LogP contribution in [0.15, 0.2) is 36.7 Å². The van der Waals surface area contributed by atoms with E-state index in [1.807, 2.05) is 44.6 Å². The largest absolute Gasteiger partial charge is 0.340 e. The first-order valence-electron chi connectivity index (χ1n) is 7.66. The molecule has 124 valence electrons. The summed E-state index contributed by atoms with van der Waals surface area (Å²) in [6.45, 7) is 4.58. The molecule has 1 amide bonds. The monoisotopic (exact) mass is 334 g/mol. The SMILES string of the molecule is CCN(CC(=O)N(C)Cc1cnn(C)c1)Cc1ccc(Cl)cc1. The van der Waals surface area contributed by atoms with E-state index in [9.17, 15) is 4.79 Å². The number of aryl methyl sites for hydroxylation is 1. The molecule has 0 saturated carbocycles. The van der Waals surface area contributed by atoms with Crippen molar-refractivity contribution in [1.29, 1.82) is 0 Å². The first-order valence-corrected chi connectivity index (χ1v) is 8.04. The highest BCUT2D eigenvalue weighted by Gasteiger charge is 2.14. The lowest BCUT2D eigenvalue weighted by atomic mass is 10.2. The van der Waals surface area contributed by atoms with Gasteiger partial charge in [0.1, 0.15) is 0 Å². The molecule has 1 aromatic carbocycles. The molecule has 1 heterocycles. The summed E-state index contributed by atoms with van der Waals surface area (Å²) in [7, 11) is 3.70. The summed E-state index contributed by atoms with van der Waals surface area (Å²) in [5, 5.41) is 4.85. The predicted molar refractivity (Wildman–Crippen MR) is 92.1 cm³/mol. The second kappa shape index (κ2) is 8.13. The van der Waals surface area contributed by atoms with E-state index >= 15 is 0 Å².